The molecule has 0 aromatic carbocycles. The number of aliphatic hydroxyl groups excluding tert-OH is 1. The summed E-state index contributed by atoms with van der Waals surface area (Å²) < 4.78 is 0. The number of likely N-dealkylation sites (tertiary alicyclic amines) is 1. The monoisotopic (exact) mass is 205 g/mol. The lowest BCUT2D eigenvalue weighted by atomic mass is 9.96. The number of carbonyl (C=O) groups is 1. The first-order valence-corrected chi connectivity index (χ1v) is 5.20. The van der Waals surface area contributed by atoms with Crippen LogP contribution in [0.5, 0.6) is 0 Å². The van der Waals surface area contributed by atoms with Gasteiger partial charge in [0.15, 0.2) is 0 Å². The van der Waals surface area contributed by atoms with Crippen molar-refractivity contribution in [3.63, 3.8) is 0 Å². The first-order valence-electron chi connectivity index (χ1n) is 4.67. The average Bonchev–Trinajstić information content (AvgIpc) is 2.10. The van der Waals surface area contributed by atoms with Crippen molar-refractivity contribution in [1.82, 2.24) is 4.90 Å². The molecule has 13 heavy (non-hydrogen) atoms. The summed E-state index contributed by atoms with van der Waals surface area (Å²) in [5, 5.41) is 9.44. The molecule has 0 saturated carbocycles. The van der Waals surface area contributed by atoms with Crippen molar-refractivity contribution in [2.75, 3.05) is 19.0 Å². The predicted octanol–water partition coefficient (Wildman–Crippen LogP) is 0.845. The van der Waals surface area contributed by atoms with Crippen LogP contribution in [0, 0.1) is 5.92 Å². The Bertz CT molecular complexity index is 186. The molecule has 0 aliphatic carbocycles. The summed E-state index contributed by atoms with van der Waals surface area (Å²) in [4.78, 5) is 13.2. The summed E-state index contributed by atoms with van der Waals surface area (Å²) >= 11 is 5.48. The molecule has 1 fully saturated rings. The minimum atomic E-state index is -0.250. The minimum absolute atomic E-state index is 0.105. The van der Waals surface area contributed by atoms with Gasteiger partial charge in [-0.05, 0) is 12.3 Å². The Morgan fingerprint density at radius 1 is 1.69 bits per heavy atom. The molecule has 1 aliphatic rings. The number of carbonyl (C=O) groups excluding carboxylic acids is 1. The van der Waals surface area contributed by atoms with E-state index in [4.69, 9.17) is 11.6 Å². The number of alkyl halides is 1. The number of hydrogen-bond acceptors (Lipinski definition) is 2. The van der Waals surface area contributed by atoms with Crippen molar-refractivity contribution in [2.24, 2.45) is 5.92 Å². The molecule has 0 unspecified atom stereocenters. The van der Waals surface area contributed by atoms with Crippen LogP contribution in [0.4, 0.5) is 0 Å². The highest BCUT2D eigenvalue weighted by Crippen LogP contribution is 2.17. The molecule has 1 amide bonds. The second-order valence-electron chi connectivity index (χ2n) is 3.61. The van der Waals surface area contributed by atoms with E-state index in [1.165, 1.54) is 0 Å². The molecular formula is C9H16ClNO2. The zero-order valence-corrected chi connectivity index (χ0v) is 8.63. The molecule has 1 rings (SSSR count). The summed E-state index contributed by atoms with van der Waals surface area (Å²) in [5.41, 5.74) is 0. The van der Waals surface area contributed by atoms with Gasteiger partial charge in [0.25, 0.3) is 0 Å². The van der Waals surface area contributed by atoms with Crippen LogP contribution in [-0.2, 0) is 4.79 Å². The van der Waals surface area contributed by atoms with Crippen LogP contribution < -0.4 is 0 Å². The number of nitrogens with zero attached hydrogens (tertiary/aromatic N) is 1. The van der Waals surface area contributed by atoms with Gasteiger partial charge in [-0.3, -0.25) is 4.79 Å². The van der Waals surface area contributed by atoms with Gasteiger partial charge in [-0.2, -0.15) is 0 Å². The second-order valence-corrected chi connectivity index (χ2v) is 3.99. The molecule has 76 valence electrons. The third kappa shape index (κ3) is 2.85. The molecule has 0 aromatic rings. The van der Waals surface area contributed by atoms with Crippen molar-refractivity contribution in [3.8, 4) is 0 Å². The van der Waals surface area contributed by atoms with Gasteiger partial charge >= 0.3 is 0 Å². The largest absolute Gasteiger partial charge is 0.393 e. The summed E-state index contributed by atoms with van der Waals surface area (Å²) in [6, 6.07) is 0. The topological polar surface area (TPSA) is 40.5 Å². The first-order chi connectivity index (χ1) is 6.15. The van der Waals surface area contributed by atoms with Crippen LogP contribution >= 0.6 is 11.6 Å². The molecule has 0 bridgehead atoms. The molecule has 0 spiro atoms. The Balaban J connectivity index is 2.40. The van der Waals surface area contributed by atoms with Gasteiger partial charge in [-0.1, -0.05) is 6.92 Å². The Kier molecular flexibility index (Phi) is 4.00. The number of rotatable bonds is 2. The molecule has 0 aromatic heterocycles. The smallest absolute Gasteiger partial charge is 0.223 e. The fourth-order valence-corrected chi connectivity index (χ4v) is 1.76. The molecule has 3 nitrogen and oxygen atoms in total. The van der Waals surface area contributed by atoms with Crippen molar-refractivity contribution >= 4 is 17.5 Å². The van der Waals surface area contributed by atoms with E-state index in [1.807, 2.05) is 6.92 Å². The molecule has 0 radical (unpaired) electrons. The van der Waals surface area contributed by atoms with Gasteiger partial charge in [0.05, 0.1) is 6.10 Å². The summed E-state index contributed by atoms with van der Waals surface area (Å²) in [6.45, 7) is 3.29. The second kappa shape index (κ2) is 4.82. The van der Waals surface area contributed by atoms with E-state index in [-0.39, 0.29) is 17.9 Å². The standard InChI is InChI=1S/C9H16ClNO2/c1-7-6-11(5-3-8(7)12)9(13)2-4-10/h7-8,12H,2-6H2,1H3/t7-,8-/m1/s1. The van der Waals surface area contributed by atoms with E-state index in [0.717, 1.165) is 0 Å². The van der Waals surface area contributed by atoms with Crippen LogP contribution in [0.25, 0.3) is 0 Å². The van der Waals surface area contributed by atoms with Crippen molar-refractivity contribution in [1.29, 1.82) is 0 Å². The first kappa shape index (κ1) is 10.8. The maximum atomic E-state index is 11.4. The Labute approximate surface area is 83.7 Å². The third-order valence-electron chi connectivity index (χ3n) is 2.52. The van der Waals surface area contributed by atoms with Gasteiger partial charge in [0.1, 0.15) is 0 Å². The van der Waals surface area contributed by atoms with Gasteiger partial charge in [0.2, 0.25) is 5.91 Å². The SMILES string of the molecule is C[C@@H]1CN(C(=O)CCCl)CC[C@H]1O. The average molecular weight is 206 g/mol. The normalized spacial score (nSPS) is 29.0. The summed E-state index contributed by atoms with van der Waals surface area (Å²) in [6.07, 6.45) is 0.847. The van der Waals surface area contributed by atoms with Crippen LogP contribution in [0.15, 0.2) is 0 Å². The van der Waals surface area contributed by atoms with Gasteiger partial charge in [-0.25, -0.2) is 0 Å². The molecular weight excluding hydrogens is 190 g/mol. The van der Waals surface area contributed by atoms with Crippen LogP contribution in [0.2, 0.25) is 0 Å². The van der Waals surface area contributed by atoms with Crippen LogP contribution in [0.3, 0.4) is 0 Å². The highest BCUT2D eigenvalue weighted by Gasteiger charge is 2.26. The van der Waals surface area contributed by atoms with Crippen molar-refractivity contribution < 1.29 is 9.90 Å². The van der Waals surface area contributed by atoms with Gasteiger partial charge in [0, 0.05) is 25.4 Å². The fourth-order valence-electron chi connectivity index (χ4n) is 1.60. The van der Waals surface area contributed by atoms with E-state index < -0.39 is 0 Å². The maximum Gasteiger partial charge on any atom is 0.223 e. The highest BCUT2D eigenvalue weighted by molar-refractivity contribution is 6.18. The number of hydrogen-bond donors (Lipinski definition) is 1. The highest BCUT2D eigenvalue weighted by atomic mass is 35.5. The van der Waals surface area contributed by atoms with Gasteiger partial charge in [-0.15, -0.1) is 11.6 Å². The number of amides is 1. The minimum Gasteiger partial charge on any atom is -0.393 e. The predicted molar refractivity (Wildman–Crippen MR) is 51.7 cm³/mol. The molecule has 4 heteroatoms. The van der Waals surface area contributed by atoms with E-state index in [2.05, 4.69) is 0 Å². The fraction of sp³-hybridized carbons (Fsp3) is 0.889. The Morgan fingerprint density at radius 2 is 2.38 bits per heavy atom. The van der Waals surface area contributed by atoms with E-state index in [0.29, 0.717) is 31.8 Å². The van der Waals surface area contributed by atoms with E-state index >= 15 is 0 Å². The van der Waals surface area contributed by atoms with Crippen LogP contribution in [0.1, 0.15) is 19.8 Å². The molecule has 1 N–H and O–H groups in total. The van der Waals surface area contributed by atoms with E-state index in [1.54, 1.807) is 4.90 Å². The Hall–Kier alpha value is -0.280. The van der Waals surface area contributed by atoms with Crippen molar-refractivity contribution in [3.05, 3.63) is 0 Å². The molecule has 2 atom stereocenters. The quantitative estimate of drug-likeness (QED) is 0.679. The lowest BCUT2D eigenvalue weighted by Gasteiger charge is -2.34. The van der Waals surface area contributed by atoms with Crippen LogP contribution in [-0.4, -0.2) is 41.0 Å². The molecule has 1 aliphatic heterocycles. The third-order valence-corrected chi connectivity index (χ3v) is 2.71. The lowest BCUT2D eigenvalue weighted by Crippen LogP contribution is -2.45. The molecule has 1 saturated heterocycles. The van der Waals surface area contributed by atoms with Crippen molar-refractivity contribution in [2.45, 2.75) is 25.9 Å². The number of aliphatic hydroxyl groups is 1. The number of piperidine rings is 1. The van der Waals surface area contributed by atoms with Gasteiger partial charge < -0.3 is 10.0 Å². The zero-order valence-electron chi connectivity index (χ0n) is 7.87. The number of halogens is 1. The summed E-state index contributed by atoms with van der Waals surface area (Å²) in [7, 11) is 0. The molecule has 1 heterocycles. The lowest BCUT2D eigenvalue weighted by molar-refractivity contribution is -0.134. The van der Waals surface area contributed by atoms with E-state index in [9.17, 15) is 9.90 Å². The Morgan fingerprint density at radius 3 is 2.92 bits per heavy atom. The summed E-state index contributed by atoms with van der Waals surface area (Å²) in [5.74, 6) is 0.675. The maximum absolute atomic E-state index is 11.4. The zero-order chi connectivity index (χ0) is 9.84.